The Morgan fingerprint density at radius 2 is 2.00 bits per heavy atom. The van der Waals surface area contributed by atoms with Gasteiger partial charge in [-0.1, -0.05) is 18.1 Å². The molecule has 0 spiro atoms. The summed E-state index contributed by atoms with van der Waals surface area (Å²) in [6.45, 7) is 2.15. The topological polar surface area (TPSA) is 72.2 Å². The molecule has 1 unspecified atom stereocenters. The Morgan fingerprint density at radius 1 is 1.41 bits per heavy atom. The predicted octanol–water partition coefficient (Wildman–Crippen LogP) is 0.488. The molecule has 4 nitrogen and oxygen atoms in total. The lowest BCUT2D eigenvalue weighted by molar-refractivity contribution is 0.577. The molecule has 0 heterocycles. The lowest BCUT2D eigenvalue weighted by Crippen LogP contribution is -2.31. The van der Waals surface area contributed by atoms with E-state index in [4.69, 9.17) is 12.2 Å². The number of hydrogen-bond acceptors (Lipinski definition) is 3. The highest BCUT2D eigenvalue weighted by atomic mass is 32.2. The van der Waals surface area contributed by atoms with Crippen LogP contribution in [0.4, 0.5) is 0 Å². The van der Waals surface area contributed by atoms with Crippen molar-refractivity contribution >= 4 is 10.0 Å². The summed E-state index contributed by atoms with van der Waals surface area (Å²) in [6, 6.07) is 6.08. The van der Waals surface area contributed by atoms with Crippen molar-refractivity contribution < 1.29 is 8.42 Å². The summed E-state index contributed by atoms with van der Waals surface area (Å²) in [6.07, 6.45) is 5.86. The second kappa shape index (κ2) is 5.82. The summed E-state index contributed by atoms with van der Waals surface area (Å²) in [5, 5.41) is 0. The molecule has 1 rings (SSSR count). The van der Waals surface area contributed by atoms with E-state index in [1.54, 1.807) is 31.2 Å². The van der Waals surface area contributed by atoms with Gasteiger partial charge in [-0.25, -0.2) is 8.42 Å². The Hall–Kier alpha value is -1.35. The first kappa shape index (κ1) is 13.7. The van der Waals surface area contributed by atoms with Crippen molar-refractivity contribution in [2.45, 2.75) is 24.3 Å². The van der Waals surface area contributed by atoms with Crippen molar-refractivity contribution in [2.24, 2.45) is 5.73 Å². The van der Waals surface area contributed by atoms with E-state index in [1.165, 1.54) is 0 Å². The molecule has 0 aliphatic rings. The number of terminal acetylenes is 1. The van der Waals surface area contributed by atoms with Crippen LogP contribution in [0.25, 0.3) is 0 Å². The van der Waals surface area contributed by atoms with Crippen molar-refractivity contribution in [3.8, 4) is 12.3 Å². The Labute approximate surface area is 102 Å². The fourth-order valence-electron chi connectivity index (χ4n) is 1.34. The molecule has 3 N–H and O–H groups in total. The van der Waals surface area contributed by atoms with Crippen LogP contribution in [0, 0.1) is 12.3 Å². The molecule has 5 heteroatoms. The van der Waals surface area contributed by atoms with E-state index < -0.39 is 16.1 Å². The number of nitrogens with two attached hydrogens (primary N) is 1. The molecule has 0 aliphatic heterocycles. The summed E-state index contributed by atoms with van der Waals surface area (Å²) in [5.74, 6) is 2.32. The summed E-state index contributed by atoms with van der Waals surface area (Å²) >= 11 is 0. The summed E-state index contributed by atoms with van der Waals surface area (Å²) in [5.41, 5.74) is 6.43. The normalized spacial score (nSPS) is 13.0. The van der Waals surface area contributed by atoms with Crippen LogP contribution in [0.2, 0.25) is 0 Å². The Kier molecular flexibility index (Phi) is 4.70. The smallest absolute Gasteiger partial charge is 0.241 e. The van der Waals surface area contributed by atoms with Crippen molar-refractivity contribution in [1.82, 2.24) is 4.72 Å². The standard InChI is InChI=1S/C12H16N2O2S/c1-3-10(2)14-17(15,16)12-6-4-11(5-7-12)8-9-13/h1,4-7,10,14H,8-9,13H2,2H3. The highest BCUT2D eigenvalue weighted by Gasteiger charge is 2.15. The molecule has 17 heavy (non-hydrogen) atoms. The van der Waals surface area contributed by atoms with Gasteiger partial charge < -0.3 is 5.73 Å². The molecule has 1 atom stereocenters. The number of hydrogen-bond donors (Lipinski definition) is 2. The van der Waals surface area contributed by atoms with Gasteiger partial charge in [0.15, 0.2) is 0 Å². The van der Waals surface area contributed by atoms with Gasteiger partial charge in [-0.05, 0) is 37.6 Å². The largest absolute Gasteiger partial charge is 0.330 e. The summed E-state index contributed by atoms with van der Waals surface area (Å²) in [7, 11) is -3.53. The van der Waals surface area contributed by atoms with Gasteiger partial charge in [0.2, 0.25) is 10.0 Å². The van der Waals surface area contributed by atoms with Crippen LogP contribution in [0.3, 0.4) is 0 Å². The third-order valence-corrected chi connectivity index (χ3v) is 3.81. The SMILES string of the molecule is C#CC(C)NS(=O)(=O)c1ccc(CCN)cc1. The van der Waals surface area contributed by atoms with E-state index in [2.05, 4.69) is 10.6 Å². The Balaban J connectivity index is 2.89. The van der Waals surface area contributed by atoms with Crippen molar-refractivity contribution in [3.63, 3.8) is 0 Å². The van der Waals surface area contributed by atoms with Crippen LogP contribution < -0.4 is 10.5 Å². The van der Waals surface area contributed by atoms with Crippen molar-refractivity contribution in [1.29, 1.82) is 0 Å². The van der Waals surface area contributed by atoms with Gasteiger partial charge in [0.1, 0.15) is 0 Å². The average Bonchev–Trinajstić information content (AvgIpc) is 2.29. The third-order valence-electron chi connectivity index (χ3n) is 2.25. The number of sulfonamides is 1. The predicted molar refractivity (Wildman–Crippen MR) is 67.8 cm³/mol. The van der Waals surface area contributed by atoms with Gasteiger partial charge >= 0.3 is 0 Å². The van der Waals surface area contributed by atoms with E-state index in [-0.39, 0.29) is 4.90 Å². The van der Waals surface area contributed by atoms with E-state index in [0.717, 1.165) is 12.0 Å². The van der Waals surface area contributed by atoms with Gasteiger partial charge in [-0.2, -0.15) is 4.72 Å². The monoisotopic (exact) mass is 252 g/mol. The van der Waals surface area contributed by atoms with Crippen LogP contribution >= 0.6 is 0 Å². The maximum absolute atomic E-state index is 11.8. The highest BCUT2D eigenvalue weighted by molar-refractivity contribution is 7.89. The molecule has 0 radical (unpaired) electrons. The zero-order valence-electron chi connectivity index (χ0n) is 9.68. The fraction of sp³-hybridized carbons (Fsp3) is 0.333. The highest BCUT2D eigenvalue weighted by Crippen LogP contribution is 2.11. The van der Waals surface area contributed by atoms with E-state index >= 15 is 0 Å². The fourth-order valence-corrected chi connectivity index (χ4v) is 2.50. The minimum absolute atomic E-state index is 0.209. The van der Waals surface area contributed by atoms with Crippen LogP contribution in [0.1, 0.15) is 12.5 Å². The molecule has 92 valence electrons. The molecule has 0 bridgehead atoms. The van der Waals surface area contributed by atoms with Crippen molar-refractivity contribution in [3.05, 3.63) is 29.8 Å². The zero-order chi connectivity index (χ0) is 12.9. The second-order valence-corrected chi connectivity index (χ2v) is 5.41. The van der Waals surface area contributed by atoms with Gasteiger partial charge in [0.25, 0.3) is 0 Å². The van der Waals surface area contributed by atoms with Crippen LogP contribution in [0.5, 0.6) is 0 Å². The number of benzene rings is 1. The first-order valence-electron chi connectivity index (χ1n) is 5.27. The lowest BCUT2D eigenvalue weighted by Gasteiger charge is -2.09. The van der Waals surface area contributed by atoms with Crippen LogP contribution in [-0.2, 0) is 16.4 Å². The molecule has 1 aromatic rings. The van der Waals surface area contributed by atoms with Crippen LogP contribution in [0.15, 0.2) is 29.2 Å². The Morgan fingerprint density at radius 3 is 2.47 bits per heavy atom. The minimum Gasteiger partial charge on any atom is -0.330 e. The average molecular weight is 252 g/mol. The molecule has 0 fully saturated rings. The first-order valence-corrected chi connectivity index (χ1v) is 6.75. The Bertz CT molecular complexity index is 500. The quantitative estimate of drug-likeness (QED) is 0.749. The van der Waals surface area contributed by atoms with Gasteiger partial charge in [0.05, 0.1) is 10.9 Å². The minimum atomic E-state index is -3.53. The molecule has 0 aliphatic carbocycles. The maximum Gasteiger partial charge on any atom is 0.241 e. The molecule has 0 amide bonds. The van der Waals surface area contributed by atoms with Crippen LogP contribution in [-0.4, -0.2) is 21.0 Å². The molecular weight excluding hydrogens is 236 g/mol. The summed E-state index contributed by atoms with van der Waals surface area (Å²) < 4.78 is 26.1. The van der Waals surface area contributed by atoms with Gasteiger partial charge in [-0.3, -0.25) is 0 Å². The number of rotatable bonds is 5. The molecule has 1 aromatic carbocycles. The van der Waals surface area contributed by atoms with Crippen molar-refractivity contribution in [2.75, 3.05) is 6.54 Å². The molecular formula is C12H16N2O2S. The van der Waals surface area contributed by atoms with Gasteiger partial charge in [0, 0.05) is 0 Å². The first-order chi connectivity index (χ1) is 7.99. The second-order valence-electron chi connectivity index (χ2n) is 3.69. The lowest BCUT2D eigenvalue weighted by atomic mass is 10.2. The third kappa shape index (κ3) is 3.86. The summed E-state index contributed by atoms with van der Waals surface area (Å²) in [4.78, 5) is 0.209. The maximum atomic E-state index is 11.8. The van der Waals surface area contributed by atoms with E-state index in [1.807, 2.05) is 0 Å². The van der Waals surface area contributed by atoms with E-state index in [0.29, 0.717) is 6.54 Å². The van der Waals surface area contributed by atoms with E-state index in [9.17, 15) is 8.42 Å². The molecule has 0 saturated heterocycles. The molecule has 0 aromatic heterocycles. The molecule has 0 saturated carbocycles. The number of nitrogens with one attached hydrogen (secondary N) is 1. The zero-order valence-corrected chi connectivity index (χ0v) is 10.5. The van der Waals surface area contributed by atoms with Gasteiger partial charge in [-0.15, -0.1) is 6.42 Å².